The lowest BCUT2D eigenvalue weighted by atomic mass is 9.98. The van der Waals surface area contributed by atoms with Gasteiger partial charge in [-0.05, 0) is 18.8 Å². The highest BCUT2D eigenvalue weighted by Gasteiger charge is 2.27. The van der Waals surface area contributed by atoms with Gasteiger partial charge in [-0.3, -0.25) is 9.89 Å². The maximum atomic E-state index is 10.4. The van der Waals surface area contributed by atoms with E-state index in [2.05, 4.69) is 22.1 Å². The van der Waals surface area contributed by atoms with Crippen LogP contribution in [0, 0.1) is 5.92 Å². The van der Waals surface area contributed by atoms with Crippen LogP contribution in [0.15, 0.2) is 5.16 Å². The maximum Gasteiger partial charge on any atom is 0.313 e. The van der Waals surface area contributed by atoms with Crippen molar-refractivity contribution in [1.29, 1.82) is 0 Å². The number of aromatic amines is 1. The fourth-order valence-electron chi connectivity index (χ4n) is 2.17. The SMILES string of the molecule is CC1CCCC1c1nc(SCC(=O)O)n[nH]1. The number of aromatic nitrogens is 3. The topological polar surface area (TPSA) is 78.9 Å². The lowest BCUT2D eigenvalue weighted by molar-refractivity contribution is -0.133. The maximum absolute atomic E-state index is 10.4. The number of nitrogens with one attached hydrogen (secondary N) is 1. The van der Waals surface area contributed by atoms with Crippen LogP contribution in [0.1, 0.15) is 37.9 Å². The van der Waals surface area contributed by atoms with Gasteiger partial charge in [-0.2, -0.15) is 0 Å². The van der Waals surface area contributed by atoms with Crippen molar-refractivity contribution in [2.24, 2.45) is 5.92 Å². The Labute approximate surface area is 98.0 Å². The fourth-order valence-corrected chi connectivity index (χ4v) is 2.69. The first kappa shape index (κ1) is 11.4. The van der Waals surface area contributed by atoms with E-state index in [4.69, 9.17) is 5.11 Å². The van der Waals surface area contributed by atoms with Crippen molar-refractivity contribution in [2.45, 2.75) is 37.3 Å². The summed E-state index contributed by atoms with van der Waals surface area (Å²) >= 11 is 1.16. The molecule has 2 N–H and O–H groups in total. The average molecular weight is 241 g/mol. The predicted molar refractivity (Wildman–Crippen MR) is 60.5 cm³/mol. The summed E-state index contributed by atoms with van der Waals surface area (Å²) in [6, 6.07) is 0. The van der Waals surface area contributed by atoms with Crippen LogP contribution in [-0.4, -0.2) is 32.0 Å². The molecule has 16 heavy (non-hydrogen) atoms. The Morgan fingerprint density at radius 1 is 1.62 bits per heavy atom. The van der Waals surface area contributed by atoms with E-state index in [0.717, 1.165) is 24.0 Å². The van der Waals surface area contributed by atoms with Crippen molar-refractivity contribution in [2.75, 3.05) is 5.75 Å². The molecule has 88 valence electrons. The molecule has 1 aliphatic rings. The Morgan fingerprint density at radius 2 is 2.44 bits per heavy atom. The molecular weight excluding hydrogens is 226 g/mol. The molecule has 1 aromatic heterocycles. The van der Waals surface area contributed by atoms with Crippen molar-refractivity contribution in [1.82, 2.24) is 15.2 Å². The number of nitrogens with zero attached hydrogens (tertiary/aromatic N) is 2. The normalized spacial score (nSPS) is 24.8. The molecule has 0 radical (unpaired) electrons. The van der Waals surface area contributed by atoms with E-state index in [1.54, 1.807) is 0 Å². The molecule has 2 unspecified atom stereocenters. The number of thioether (sulfide) groups is 1. The van der Waals surface area contributed by atoms with Crippen molar-refractivity contribution in [3.63, 3.8) is 0 Å². The van der Waals surface area contributed by atoms with Crippen LogP contribution in [-0.2, 0) is 4.79 Å². The van der Waals surface area contributed by atoms with Crippen molar-refractivity contribution in [3.05, 3.63) is 5.82 Å². The van der Waals surface area contributed by atoms with E-state index in [0.29, 0.717) is 17.0 Å². The molecule has 0 aromatic carbocycles. The van der Waals surface area contributed by atoms with Crippen LogP contribution in [0.5, 0.6) is 0 Å². The van der Waals surface area contributed by atoms with Gasteiger partial charge in [-0.15, -0.1) is 5.10 Å². The van der Waals surface area contributed by atoms with Gasteiger partial charge in [0.25, 0.3) is 0 Å². The summed E-state index contributed by atoms with van der Waals surface area (Å²) in [5.74, 6) is 1.19. The molecule has 0 aliphatic heterocycles. The number of hydrogen-bond acceptors (Lipinski definition) is 4. The summed E-state index contributed by atoms with van der Waals surface area (Å²) in [7, 11) is 0. The molecular formula is C10H15N3O2S. The molecule has 2 rings (SSSR count). The van der Waals surface area contributed by atoms with Crippen LogP contribution < -0.4 is 0 Å². The minimum absolute atomic E-state index is 0.0114. The zero-order valence-corrected chi connectivity index (χ0v) is 9.96. The lowest BCUT2D eigenvalue weighted by Gasteiger charge is -2.10. The zero-order valence-electron chi connectivity index (χ0n) is 9.14. The predicted octanol–water partition coefficient (Wildman–Crippen LogP) is 1.88. The Bertz CT molecular complexity index is 380. The number of hydrogen-bond donors (Lipinski definition) is 2. The van der Waals surface area contributed by atoms with E-state index in [9.17, 15) is 4.79 Å². The van der Waals surface area contributed by atoms with Gasteiger partial charge in [0.05, 0.1) is 5.75 Å². The van der Waals surface area contributed by atoms with Crippen LogP contribution in [0.3, 0.4) is 0 Å². The third-order valence-corrected chi connectivity index (χ3v) is 3.85. The number of H-pyrrole nitrogens is 1. The van der Waals surface area contributed by atoms with E-state index in [1.165, 1.54) is 12.8 Å². The van der Waals surface area contributed by atoms with E-state index >= 15 is 0 Å². The average Bonchev–Trinajstić information content (AvgIpc) is 2.83. The lowest BCUT2D eigenvalue weighted by Crippen LogP contribution is -2.04. The van der Waals surface area contributed by atoms with Crippen molar-refractivity contribution < 1.29 is 9.90 Å². The Hall–Kier alpha value is -1.04. The molecule has 2 atom stereocenters. The van der Waals surface area contributed by atoms with Crippen molar-refractivity contribution >= 4 is 17.7 Å². The van der Waals surface area contributed by atoms with Gasteiger partial charge in [0, 0.05) is 5.92 Å². The molecule has 0 spiro atoms. The van der Waals surface area contributed by atoms with Gasteiger partial charge >= 0.3 is 5.97 Å². The molecule has 0 amide bonds. The molecule has 6 heteroatoms. The second-order valence-corrected chi connectivity index (χ2v) is 5.14. The molecule has 5 nitrogen and oxygen atoms in total. The number of carboxylic acids is 1. The summed E-state index contributed by atoms with van der Waals surface area (Å²) in [6.07, 6.45) is 3.63. The van der Waals surface area contributed by atoms with E-state index in [1.807, 2.05) is 0 Å². The quantitative estimate of drug-likeness (QED) is 0.787. The summed E-state index contributed by atoms with van der Waals surface area (Å²) in [6.45, 7) is 2.23. The summed E-state index contributed by atoms with van der Waals surface area (Å²) in [5.41, 5.74) is 0. The van der Waals surface area contributed by atoms with E-state index in [-0.39, 0.29) is 5.75 Å². The van der Waals surface area contributed by atoms with Gasteiger partial charge in [-0.25, -0.2) is 4.98 Å². The molecule has 1 saturated carbocycles. The Kier molecular flexibility index (Phi) is 3.48. The van der Waals surface area contributed by atoms with Gasteiger partial charge in [-0.1, -0.05) is 25.1 Å². The van der Waals surface area contributed by atoms with E-state index < -0.39 is 5.97 Å². The number of aliphatic carboxylic acids is 1. The van der Waals surface area contributed by atoms with Gasteiger partial charge in [0.1, 0.15) is 5.82 Å². The number of carbonyl (C=O) groups is 1. The Balaban J connectivity index is 1.99. The zero-order chi connectivity index (χ0) is 11.5. The van der Waals surface area contributed by atoms with Crippen LogP contribution in [0.25, 0.3) is 0 Å². The largest absolute Gasteiger partial charge is 0.481 e. The molecule has 0 bridgehead atoms. The van der Waals surface area contributed by atoms with Crippen LogP contribution >= 0.6 is 11.8 Å². The first-order valence-electron chi connectivity index (χ1n) is 5.43. The third-order valence-electron chi connectivity index (χ3n) is 3.02. The highest BCUT2D eigenvalue weighted by Crippen LogP contribution is 2.37. The smallest absolute Gasteiger partial charge is 0.313 e. The second-order valence-electron chi connectivity index (χ2n) is 4.20. The standard InChI is InChI=1S/C10H15N3O2S/c1-6-3-2-4-7(6)9-11-10(13-12-9)16-5-8(14)15/h6-7H,2-5H2,1H3,(H,14,15)(H,11,12,13). The number of carboxylic acid groups (broad SMARTS) is 1. The minimum atomic E-state index is -0.842. The Morgan fingerprint density at radius 3 is 3.06 bits per heavy atom. The molecule has 1 aliphatic carbocycles. The summed E-state index contributed by atoms with van der Waals surface area (Å²) in [4.78, 5) is 14.7. The van der Waals surface area contributed by atoms with Gasteiger partial charge < -0.3 is 5.11 Å². The first-order valence-corrected chi connectivity index (χ1v) is 6.42. The molecule has 1 fully saturated rings. The van der Waals surface area contributed by atoms with Crippen molar-refractivity contribution in [3.8, 4) is 0 Å². The summed E-state index contributed by atoms with van der Waals surface area (Å²) < 4.78 is 0. The molecule has 0 saturated heterocycles. The van der Waals surface area contributed by atoms with Gasteiger partial charge in [0.15, 0.2) is 0 Å². The summed E-state index contributed by atoms with van der Waals surface area (Å²) in [5, 5.41) is 16.0. The molecule has 1 heterocycles. The molecule has 1 aromatic rings. The van der Waals surface area contributed by atoms with Gasteiger partial charge in [0.2, 0.25) is 5.16 Å². The van der Waals surface area contributed by atoms with Crippen LogP contribution in [0.4, 0.5) is 0 Å². The fraction of sp³-hybridized carbons (Fsp3) is 0.700. The number of rotatable bonds is 4. The monoisotopic (exact) mass is 241 g/mol. The highest BCUT2D eigenvalue weighted by atomic mass is 32.2. The van der Waals surface area contributed by atoms with Crippen LogP contribution in [0.2, 0.25) is 0 Å². The third kappa shape index (κ3) is 2.55. The second kappa shape index (κ2) is 4.86. The highest BCUT2D eigenvalue weighted by molar-refractivity contribution is 7.99. The minimum Gasteiger partial charge on any atom is -0.481 e. The first-order chi connectivity index (χ1) is 7.66.